The van der Waals surface area contributed by atoms with Gasteiger partial charge in [-0.2, -0.15) is 0 Å². The van der Waals surface area contributed by atoms with E-state index in [0.717, 1.165) is 84.2 Å². The highest BCUT2D eigenvalue weighted by molar-refractivity contribution is 5.71. The molecule has 9 heteroatoms. The number of likely N-dealkylation sites (tertiary alicyclic amines) is 1. The van der Waals surface area contributed by atoms with E-state index in [9.17, 15) is 0 Å². The number of ether oxygens (including phenoxy) is 5. The number of pyridine rings is 2. The Labute approximate surface area is 289 Å². The molecule has 3 heterocycles. The summed E-state index contributed by atoms with van der Waals surface area (Å²) in [5.41, 5.74) is 7.47. The van der Waals surface area contributed by atoms with Gasteiger partial charge in [-0.25, -0.2) is 0 Å². The molecule has 2 aromatic heterocycles. The Morgan fingerprint density at radius 2 is 1.41 bits per heavy atom. The molecule has 0 amide bonds. The molecule has 0 bridgehead atoms. The molecule has 5 aromatic rings. The lowest BCUT2D eigenvalue weighted by Gasteiger charge is -2.40. The van der Waals surface area contributed by atoms with Crippen molar-refractivity contribution in [2.24, 2.45) is 0 Å². The fourth-order valence-corrected chi connectivity index (χ4v) is 6.54. The molecule has 1 saturated heterocycles. The summed E-state index contributed by atoms with van der Waals surface area (Å²) in [7, 11) is 8.26. The molecule has 0 N–H and O–H groups in total. The predicted octanol–water partition coefficient (Wildman–Crippen LogP) is 7.52. The quantitative estimate of drug-likeness (QED) is 0.127. The molecule has 0 radical (unpaired) electrons. The highest BCUT2D eigenvalue weighted by Crippen LogP contribution is 2.41. The predicted molar refractivity (Wildman–Crippen MR) is 193 cm³/mol. The van der Waals surface area contributed by atoms with Crippen LogP contribution >= 0.6 is 0 Å². The Hall–Kier alpha value is -5.28. The summed E-state index contributed by atoms with van der Waals surface area (Å²) >= 11 is 0. The zero-order valence-corrected chi connectivity index (χ0v) is 28.9. The van der Waals surface area contributed by atoms with Crippen LogP contribution in [0.1, 0.15) is 24.0 Å². The van der Waals surface area contributed by atoms with Gasteiger partial charge in [0.15, 0.2) is 11.5 Å². The SMILES string of the molecule is COc1ccc(N(Cc2cncc(-c3cc(OC)c(OC)c(OC)c3)c2)C2CCN(Cc3ccnc(-c4cccc(OC)c4)c3)CC2)cc1. The van der Waals surface area contributed by atoms with Gasteiger partial charge in [0.1, 0.15) is 11.5 Å². The van der Waals surface area contributed by atoms with E-state index < -0.39 is 0 Å². The Balaban J connectivity index is 1.19. The molecule has 1 aliphatic rings. The number of benzene rings is 3. The van der Waals surface area contributed by atoms with Crippen LogP contribution in [-0.2, 0) is 13.1 Å². The van der Waals surface area contributed by atoms with Gasteiger partial charge in [0.25, 0.3) is 0 Å². The Bertz CT molecular complexity index is 1810. The summed E-state index contributed by atoms with van der Waals surface area (Å²) in [6, 6.07) is 27.2. The first-order chi connectivity index (χ1) is 24.0. The van der Waals surface area contributed by atoms with Gasteiger partial charge in [-0.3, -0.25) is 14.9 Å². The Morgan fingerprint density at radius 1 is 0.673 bits per heavy atom. The van der Waals surface area contributed by atoms with Crippen LogP contribution in [0.25, 0.3) is 22.4 Å². The van der Waals surface area contributed by atoms with E-state index in [0.29, 0.717) is 23.3 Å². The van der Waals surface area contributed by atoms with Crippen LogP contribution in [0, 0.1) is 0 Å². The molecule has 1 fully saturated rings. The van der Waals surface area contributed by atoms with Crippen molar-refractivity contribution in [3.05, 3.63) is 109 Å². The van der Waals surface area contributed by atoms with E-state index in [1.807, 2.05) is 61.1 Å². The summed E-state index contributed by atoms with van der Waals surface area (Å²) in [6.07, 6.45) is 7.82. The van der Waals surface area contributed by atoms with Crippen LogP contribution in [0.5, 0.6) is 28.7 Å². The van der Waals surface area contributed by atoms with Gasteiger partial charge in [-0.1, -0.05) is 12.1 Å². The van der Waals surface area contributed by atoms with E-state index >= 15 is 0 Å². The zero-order chi connectivity index (χ0) is 34.2. The first-order valence-electron chi connectivity index (χ1n) is 16.5. The third-order valence-corrected chi connectivity index (χ3v) is 9.14. The van der Waals surface area contributed by atoms with E-state index in [1.165, 1.54) is 5.56 Å². The fraction of sp³-hybridized carbons (Fsp3) is 0.300. The van der Waals surface area contributed by atoms with Gasteiger partial charge in [0, 0.05) is 67.6 Å². The molecular formula is C40H44N4O5. The number of hydrogen-bond donors (Lipinski definition) is 0. The molecule has 9 nitrogen and oxygen atoms in total. The van der Waals surface area contributed by atoms with Crippen molar-refractivity contribution >= 4 is 5.69 Å². The van der Waals surface area contributed by atoms with Crippen molar-refractivity contribution in [3.63, 3.8) is 0 Å². The second kappa shape index (κ2) is 15.7. The molecular weight excluding hydrogens is 616 g/mol. The summed E-state index contributed by atoms with van der Waals surface area (Å²) in [5.74, 6) is 3.46. The second-order valence-electron chi connectivity index (χ2n) is 12.1. The average molecular weight is 661 g/mol. The summed E-state index contributed by atoms with van der Waals surface area (Å²) < 4.78 is 27.7. The van der Waals surface area contributed by atoms with Crippen LogP contribution in [0.3, 0.4) is 0 Å². The maximum Gasteiger partial charge on any atom is 0.203 e. The number of aromatic nitrogens is 2. The number of anilines is 1. The Morgan fingerprint density at radius 3 is 2.08 bits per heavy atom. The van der Waals surface area contributed by atoms with E-state index in [-0.39, 0.29) is 0 Å². The highest BCUT2D eigenvalue weighted by Gasteiger charge is 2.26. The summed E-state index contributed by atoms with van der Waals surface area (Å²) in [6.45, 7) is 3.60. The molecule has 6 rings (SSSR count). The number of nitrogens with zero attached hydrogens (tertiary/aromatic N) is 4. The third kappa shape index (κ3) is 7.90. The number of hydrogen-bond acceptors (Lipinski definition) is 9. The fourth-order valence-electron chi connectivity index (χ4n) is 6.54. The molecule has 49 heavy (non-hydrogen) atoms. The van der Waals surface area contributed by atoms with Gasteiger partial charge in [-0.15, -0.1) is 0 Å². The highest BCUT2D eigenvalue weighted by atomic mass is 16.5. The van der Waals surface area contributed by atoms with Gasteiger partial charge >= 0.3 is 0 Å². The van der Waals surface area contributed by atoms with Crippen molar-refractivity contribution in [1.29, 1.82) is 0 Å². The van der Waals surface area contributed by atoms with Crippen LogP contribution in [0.2, 0.25) is 0 Å². The van der Waals surface area contributed by atoms with Crippen molar-refractivity contribution in [3.8, 4) is 51.1 Å². The molecule has 0 spiro atoms. The second-order valence-corrected chi connectivity index (χ2v) is 12.1. The Kier molecular flexibility index (Phi) is 10.8. The average Bonchev–Trinajstić information content (AvgIpc) is 3.17. The number of methoxy groups -OCH3 is 5. The summed E-state index contributed by atoms with van der Waals surface area (Å²) in [4.78, 5) is 14.3. The molecule has 0 atom stereocenters. The number of piperidine rings is 1. The molecule has 3 aromatic carbocycles. The molecule has 1 aliphatic heterocycles. The van der Waals surface area contributed by atoms with E-state index in [1.54, 1.807) is 35.5 Å². The minimum Gasteiger partial charge on any atom is -0.497 e. The van der Waals surface area contributed by atoms with E-state index in [2.05, 4.69) is 56.2 Å². The van der Waals surface area contributed by atoms with Gasteiger partial charge < -0.3 is 28.6 Å². The summed E-state index contributed by atoms with van der Waals surface area (Å²) in [5, 5.41) is 0. The van der Waals surface area contributed by atoms with Crippen molar-refractivity contribution in [2.45, 2.75) is 32.0 Å². The lowest BCUT2D eigenvalue weighted by atomic mass is 9.99. The molecule has 0 saturated carbocycles. The monoisotopic (exact) mass is 660 g/mol. The van der Waals surface area contributed by atoms with Gasteiger partial charge in [0.05, 0.1) is 41.2 Å². The molecule has 0 aliphatic carbocycles. The van der Waals surface area contributed by atoms with E-state index in [4.69, 9.17) is 23.7 Å². The van der Waals surface area contributed by atoms with Gasteiger partial charge in [-0.05, 0) is 96.3 Å². The van der Waals surface area contributed by atoms with Crippen molar-refractivity contribution < 1.29 is 23.7 Å². The van der Waals surface area contributed by atoms with Crippen molar-refractivity contribution in [1.82, 2.24) is 14.9 Å². The van der Waals surface area contributed by atoms with Crippen LogP contribution in [-0.4, -0.2) is 69.5 Å². The van der Waals surface area contributed by atoms with Gasteiger partial charge in [0.2, 0.25) is 5.75 Å². The molecule has 254 valence electrons. The molecule has 0 unspecified atom stereocenters. The van der Waals surface area contributed by atoms with Crippen LogP contribution < -0.4 is 28.6 Å². The maximum absolute atomic E-state index is 5.62. The number of rotatable bonds is 13. The first kappa shape index (κ1) is 33.6. The normalized spacial score (nSPS) is 13.5. The smallest absolute Gasteiger partial charge is 0.203 e. The first-order valence-corrected chi connectivity index (χ1v) is 16.5. The minimum atomic E-state index is 0.360. The largest absolute Gasteiger partial charge is 0.497 e. The zero-order valence-electron chi connectivity index (χ0n) is 28.9. The topological polar surface area (TPSA) is 78.4 Å². The lowest BCUT2D eigenvalue weighted by Crippen LogP contribution is -2.44. The standard InChI is InChI=1S/C40H44N4O5/c1-45-35-11-9-33(10-12-35)44(27-29-19-32(25-41-24-29)31-22-38(47-3)40(49-5)39(23-31)48-4)34-14-17-43(18-15-34)26-28-13-16-42-37(20-28)30-7-6-8-36(21-30)46-2/h6-13,16,19-25,34H,14-15,17-18,26-27H2,1-5H3. The van der Waals surface area contributed by atoms with Crippen LogP contribution in [0.4, 0.5) is 5.69 Å². The maximum atomic E-state index is 5.62. The van der Waals surface area contributed by atoms with Crippen LogP contribution in [0.15, 0.2) is 97.5 Å². The van der Waals surface area contributed by atoms with Crippen molar-refractivity contribution in [2.75, 3.05) is 53.5 Å². The lowest BCUT2D eigenvalue weighted by molar-refractivity contribution is 0.201. The third-order valence-electron chi connectivity index (χ3n) is 9.14. The minimum absolute atomic E-state index is 0.360.